The number of hydrogen-bond acceptors (Lipinski definition) is 1. The van der Waals surface area contributed by atoms with Crippen molar-refractivity contribution >= 4 is 15.9 Å². The zero-order chi connectivity index (χ0) is 12.3. The lowest BCUT2D eigenvalue weighted by Gasteiger charge is -2.27. The molecule has 1 nitrogen and oxygen atoms in total. The van der Waals surface area contributed by atoms with E-state index in [1.165, 1.54) is 25.0 Å². The van der Waals surface area contributed by atoms with Crippen LogP contribution >= 0.6 is 15.9 Å². The Morgan fingerprint density at radius 3 is 2.88 bits per heavy atom. The molecular formula is C14H18BrFO. The highest BCUT2D eigenvalue weighted by atomic mass is 79.9. The van der Waals surface area contributed by atoms with Crippen molar-refractivity contribution in [2.24, 2.45) is 5.92 Å². The van der Waals surface area contributed by atoms with Gasteiger partial charge < -0.3 is 4.74 Å². The zero-order valence-electron chi connectivity index (χ0n) is 10.1. The Balaban J connectivity index is 2.04. The van der Waals surface area contributed by atoms with Crippen LogP contribution in [0.2, 0.25) is 0 Å². The molecule has 3 heteroatoms. The fraction of sp³-hybridized carbons (Fsp3) is 0.571. The second-order valence-corrected chi connectivity index (χ2v) is 5.50. The minimum atomic E-state index is -0.221. The third-order valence-corrected chi connectivity index (χ3v) is 3.92. The molecule has 17 heavy (non-hydrogen) atoms. The van der Waals surface area contributed by atoms with Gasteiger partial charge in [-0.2, -0.15) is 0 Å². The van der Waals surface area contributed by atoms with Crippen molar-refractivity contribution in [2.45, 2.75) is 44.0 Å². The van der Waals surface area contributed by atoms with Crippen molar-refractivity contribution < 1.29 is 9.13 Å². The molecule has 1 aliphatic rings. The largest absolute Gasteiger partial charge is 0.490 e. The maximum absolute atomic E-state index is 13.3. The fourth-order valence-electron chi connectivity index (χ4n) is 2.44. The Kier molecular flexibility index (Phi) is 4.43. The van der Waals surface area contributed by atoms with E-state index >= 15 is 0 Å². The molecule has 2 rings (SSSR count). The van der Waals surface area contributed by atoms with Crippen LogP contribution in [0.25, 0.3) is 0 Å². The molecule has 0 heterocycles. The van der Waals surface area contributed by atoms with Crippen LogP contribution in [-0.2, 0) is 5.33 Å². The molecule has 0 aromatic heterocycles. The first-order valence-corrected chi connectivity index (χ1v) is 7.31. The molecule has 0 bridgehead atoms. The molecule has 0 radical (unpaired) electrons. The van der Waals surface area contributed by atoms with E-state index in [1.54, 1.807) is 0 Å². The van der Waals surface area contributed by atoms with Crippen LogP contribution in [0.5, 0.6) is 5.75 Å². The molecule has 1 aromatic carbocycles. The number of halogens is 2. The number of benzene rings is 1. The summed E-state index contributed by atoms with van der Waals surface area (Å²) in [4.78, 5) is 0. The van der Waals surface area contributed by atoms with Crippen LogP contribution in [0.1, 0.15) is 38.2 Å². The molecule has 0 spiro atoms. The third-order valence-electron chi connectivity index (χ3n) is 3.28. The molecular weight excluding hydrogens is 283 g/mol. The molecule has 1 aromatic rings. The SMILES string of the molecule is CC1CCCC(Oc2cc(F)cc(CBr)c2)C1. The summed E-state index contributed by atoms with van der Waals surface area (Å²) in [5, 5.41) is 0.655. The number of alkyl halides is 1. The van der Waals surface area contributed by atoms with E-state index in [-0.39, 0.29) is 11.9 Å². The highest BCUT2D eigenvalue weighted by molar-refractivity contribution is 9.08. The lowest BCUT2D eigenvalue weighted by atomic mass is 9.89. The first kappa shape index (κ1) is 12.9. The summed E-state index contributed by atoms with van der Waals surface area (Å²) in [5.41, 5.74) is 0.920. The summed E-state index contributed by atoms with van der Waals surface area (Å²) >= 11 is 3.34. The van der Waals surface area contributed by atoms with Gasteiger partial charge >= 0.3 is 0 Å². The van der Waals surface area contributed by atoms with E-state index in [2.05, 4.69) is 22.9 Å². The van der Waals surface area contributed by atoms with Gasteiger partial charge in [0.1, 0.15) is 11.6 Å². The predicted molar refractivity (Wildman–Crippen MR) is 71.1 cm³/mol. The molecule has 0 aliphatic heterocycles. The number of hydrogen-bond donors (Lipinski definition) is 0. The Morgan fingerprint density at radius 2 is 2.18 bits per heavy atom. The Hall–Kier alpha value is -0.570. The summed E-state index contributed by atoms with van der Waals surface area (Å²) < 4.78 is 19.2. The predicted octanol–water partition coefficient (Wildman–Crippen LogP) is 4.68. The summed E-state index contributed by atoms with van der Waals surface area (Å²) in [6, 6.07) is 4.92. The second-order valence-electron chi connectivity index (χ2n) is 4.94. The average Bonchev–Trinajstić information content (AvgIpc) is 2.28. The molecule has 2 atom stereocenters. The standard InChI is InChI=1S/C14H18BrFO/c1-10-3-2-4-13(5-10)17-14-7-11(9-15)6-12(16)8-14/h6-8,10,13H,2-5,9H2,1H3. The number of ether oxygens (including phenoxy) is 1. The van der Waals surface area contributed by atoms with Crippen LogP contribution < -0.4 is 4.74 Å². The van der Waals surface area contributed by atoms with Gasteiger partial charge in [-0.15, -0.1) is 0 Å². The molecule has 94 valence electrons. The van der Waals surface area contributed by atoms with Gasteiger partial charge in [0.2, 0.25) is 0 Å². The summed E-state index contributed by atoms with van der Waals surface area (Å²) in [5.74, 6) is 1.16. The normalized spacial score (nSPS) is 24.6. The van der Waals surface area contributed by atoms with Gasteiger partial charge in [-0.3, -0.25) is 0 Å². The van der Waals surface area contributed by atoms with E-state index in [0.29, 0.717) is 11.1 Å². The minimum absolute atomic E-state index is 0.221. The highest BCUT2D eigenvalue weighted by Gasteiger charge is 2.20. The van der Waals surface area contributed by atoms with Crippen molar-refractivity contribution in [1.82, 2.24) is 0 Å². The van der Waals surface area contributed by atoms with Crippen LogP contribution in [0.15, 0.2) is 18.2 Å². The summed E-state index contributed by atoms with van der Waals surface area (Å²) in [7, 11) is 0. The van der Waals surface area contributed by atoms with E-state index < -0.39 is 0 Å². The van der Waals surface area contributed by atoms with Crippen molar-refractivity contribution in [3.63, 3.8) is 0 Å². The van der Waals surface area contributed by atoms with Gasteiger partial charge in [-0.05, 0) is 42.9 Å². The molecule has 0 saturated heterocycles. The Labute approximate surface area is 110 Å². The maximum atomic E-state index is 13.3. The van der Waals surface area contributed by atoms with E-state index in [9.17, 15) is 4.39 Å². The van der Waals surface area contributed by atoms with Gasteiger partial charge in [0.05, 0.1) is 6.10 Å². The van der Waals surface area contributed by atoms with Crippen molar-refractivity contribution in [2.75, 3.05) is 0 Å². The Bertz CT molecular complexity index is 380. The van der Waals surface area contributed by atoms with Crippen LogP contribution in [0, 0.1) is 11.7 Å². The van der Waals surface area contributed by atoms with E-state index in [1.807, 2.05) is 6.07 Å². The fourth-order valence-corrected chi connectivity index (χ4v) is 2.77. The zero-order valence-corrected chi connectivity index (χ0v) is 11.7. The van der Waals surface area contributed by atoms with Gasteiger partial charge in [-0.25, -0.2) is 4.39 Å². The lowest BCUT2D eigenvalue weighted by molar-refractivity contribution is 0.129. The molecule has 0 N–H and O–H groups in total. The first-order chi connectivity index (χ1) is 8.17. The van der Waals surface area contributed by atoms with Crippen LogP contribution in [-0.4, -0.2) is 6.10 Å². The van der Waals surface area contributed by atoms with Crippen LogP contribution in [0.3, 0.4) is 0 Å². The maximum Gasteiger partial charge on any atom is 0.127 e. The topological polar surface area (TPSA) is 9.23 Å². The summed E-state index contributed by atoms with van der Waals surface area (Å²) in [6.07, 6.45) is 4.93. The van der Waals surface area contributed by atoms with Crippen molar-refractivity contribution in [3.8, 4) is 5.75 Å². The quantitative estimate of drug-likeness (QED) is 0.737. The molecule has 0 amide bonds. The smallest absolute Gasteiger partial charge is 0.127 e. The van der Waals surface area contributed by atoms with Crippen molar-refractivity contribution in [1.29, 1.82) is 0 Å². The molecule has 1 saturated carbocycles. The average molecular weight is 301 g/mol. The summed E-state index contributed by atoms with van der Waals surface area (Å²) in [6.45, 7) is 2.25. The minimum Gasteiger partial charge on any atom is -0.490 e. The van der Waals surface area contributed by atoms with Gasteiger partial charge in [-0.1, -0.05) is 29.3 Å². The van der Waals surface area contributed by atoms with Gasteiger partial charge in [0.25, 0.3) is 0 Å². The molecule has 1 fully saturated rings. The van der Waals surface area contributed by atoms with Crippen molar-refractivity contribution in [3.05, 3.63) is 29.6 Å². The molecule has 1 aliphatic carbocycles. The van der Waals surface area contributed by atoms with Gasteiger partial charge in [0, 0.05) is 11.4 Å². The van der Waals surface area contributed by atoms with E-state index in [0.717, 1.165) is 24.3 Å². The monoisotopic (exact) mass is 300 g/mol. The number of rotatable bonds is 3. The van der Waals surface area contributed by atoms with Crippen LogP contribution in [0.4, 0.5) is 4.39 Å². The lowest BCUT2D eigenvalue weighted by Crippen LogP contribution is -2.24. The Morgan fingerprint density at radius 1 is 1.35 bits per heavy atom. The highest BCUT2D eigenvalue weighted by Crippen LogP contribution is 2.28. The first-order valence-electron chi connectivity index (χ1n) is 6.19. The van der Waals surface area contributed by atoms with E-state index in [4.69, 9.17) is 4.74 Å². The van der Waals surface area contributed by atoms with Gasteiger partial charge in [0.15, 0.2) is 0 Å². The third kappa shape index (κ3) is 3.70. The second kappa shape index (κ2) is 5.85. The molecule has 2 unspecified atom stereocenters.